The van der Waals surface area contributed by atoms with Gasteiger partial charge in [0.25, 0.3) is 0 Å². The fraction of sp³-hybridized carbons (Fsp3) is 0.619. The Hall–Kier alpha value is -2.10. The molecule has 0 saturated carbocycles. The van der Waals surface area contributed by atoms with E-state index in [-0.39, 0.29) is 0 Å². The summed E-state index contributed by atoms with van der Waals surface area (Å²) in [6.07, 6.45) is 2.86. The van der Waals surface area contributed by atoms with Crippen molar-refractivity contribution in [3.63, 3.8) is 0 Å². The minimum absolute atomic E-state index is 0.303. The van der Waals surface area contributed by atoms with Crippen molar-refractivity contribution in [1.82, 2.24) is 14.7 Å². The average Bonchev–Trinajstić information content (AvgIpc) is 3.23. The molecule has 0 aliphatic carbocycles. The van der Waals surface area contributed by atoms with Crippen LogP contribution in [0.25, 0.3) is 0 Å². The summed E-state index contributed by atoms with van der Waals surface area (Å²) in [5, 5.41) is 8.70. The second-order valence-corrected chi connectivity index (χ2v) is 7.64. The van der Waals surface area contributed by atoms with Gasteiger partial charge in [0.1, 0.15) is 0 Å². The van der Waals surface area contributed by atoms with Gasteiger partial charge in [-0.25, -0.2) is 0 Å². The first kappa shape index (κ1) is 19.7. The van der Waals surface area contributed by atoms with E-state index in [1.165, 1.54) is 5.56 Å². The first-order valence-electron chi connectivity index (χ1n) is 10.1. The summed E-state index contributed by atoms with van der Waals surface area (Å²) in [4.78, 5) is 21.2. The van der Waals surface area contributed by atoms with Gasteiger partial charge < -0.3 is 9.80 Å². The summed E-state index contributed by atoms with van der Waals surface area (Å²) in [5.74, 6) is 0.303. The zero-order valence-electron chi connectivity index (χ0n) is 16.4. The number of likely N-dealkylation sites (tertiary alicyclic amines) is 1. The SMILES string of the molecule is CN(CCC#N)c1ccc(CN2CCN(CC(=O)N3CCCC3)CC2)cc1. The zero-order valence-corrected chi connectivity index (χ0v) is 16.4. The third kappa shape index (κ3) is 5.69. The zero-order chi connectivity index (χ0) is 19.1. The Morgan fingerprint density at radius 2 is 1.67 bits per heavy atom. The maximum Gasteiger partial charge on any atom is 0.236 e. The summed E-state index contributed by atoms with van der Waals surface area (Å²) in [6, 6.07) is 10.8. The van der Waals surface area contributed by atoms with Gasteiger partial charge in [-0.15, -0.1) is 0 Å². The van der Waals surface area contributed by atoms with Crippen molar-refractivity contribution < 1.29 is 4.79 Å². The van der Waals surface area contributed by atoms with Crippen LogP contribution in [-0.4, -0.2) is 80.0 Å². The lowest BCUT2D eigenvalue weighted by Gasteiger charge is -2.35. The maximum atomic E-state index is 12.3. The van der Waals surface area contributed by atoms with Crippen LogP contribution in [0.1, 0.15) is 24.8 Å². The van der Waals surface area contributed by atoms with Crippen LogP contribution in [-0.2, 0) is 11.3 Å². The van der Waals surface area contributed by atoms with Crippen molar-refractivity contribution in [2.45, 2.75) is 25.8 Å². The average molecular weight is 370 g/mol. The van der Waals surface area contributed by atoms with E-state index in [0.717, 1.165) is 70.9 Å². The molecule has 6 nitrogen and oxygen atoms in total. The first-order chi connectivity index (χ1) is 13.2. The number of benzene rings is 1. The van der Waals surface area contributed by atoms with Crippen molar-refractivity contribution in [3.8, 4) is 6.07 Å². The van der Waals surface area contributed by atoms with Crippen LogP contribution in [0.2, 0.25) is 0 Å². The Morgan fingerprint density at radius 3 is 2.30 bits per heavy atom. The molecule has 0 unspecified atom stereocenters. The highest BCUT2D eigenvalue weighted by Crippen LogP contribution is 2.16. The molecule has 3 rings (SSSR count). The number of nitrogens with zero attached hydrogens (tertiary/aromatic N) is 5. The van der Waals surface area contributed by atoms with Gasteiger partial charge >= 0.3 is 0 Å². The summed E-state index contributed by atoms with van der Waals surface area (Å²) >= 11 is 0. The number of piperazine rings is 1. The van der Waals surface area contributed by atoms with Gasteiger partial charge in [0.05, 0.1) is 19.0 Å². The lowest BCUT2D eigenvalue weighted by molar-refractivity contribution is -0.131. The number of hydrogen-bond donors (Lipinski definition) is 0. The van der Waals surface area contributed by atoms with Crippen LogP contribution in [0.3, 0.4) is 0 Å². The van der Waals surface area contributed by atoms with Crippen molar-refractivity contribution in [1.29, 1.82) is 5.26 Å². The maximum absolute atomic E-state index is 12.3. The fourth-order valence-corrected chi connectivity index (χ4v) is 3.82. The number of hydrogen-bond acceptors (Lipinski definition) is 5. The quantitative estimate of drug-likeness (QED) is 0.733. The van der Waals surface area contributed by atoms with Crippen LogP contribution < -0.4 is 4.90 Å². The molecule has 2 fully saturated rings. The van der Waals surface area contributed by atoms with E-state index in [2.05, 4.69) is 45.0 Å². The third-order valence-corrected chi connectivity index (χ3v) is 5.62. The second-order valence-electron chi connectivity index (χ2n) is 7.64. The molecule has 0 aromatic heterocycles. The molecular weight excluding hydrogens is 338 g/mol. The molecular formula is C21H31N5O. The molecule has 0 N–H and O–H groups in total. The smallest absolute Gasteiger partial charge is 0.236 e. The first-order valence-corrected chi connectivity index (χ1v) is 10.1. The fourth-order valence-electron chi connectivity index (χ4n) is 3.82. The Kier molecular flexibility index (Phi) is 7.08. The molecule has 1 aromatic rings. The molecule has 0 spiro atoms. The second kappa shape index (κ2) is 9.72. The van der Waals surface area contributed by atoms with Crippen LogP contribution in [0.5, 0.6) is 0 Å². The minimum Gasteiger partial charge on any atom is -0.374 e. The number of carbonyl (C=O) groups is 1. The number of anilines is 1. The largest absolute Gasteiger partial charge is 0.374 e. The Labute approximate surface area is 162 Å². The van der Waals surface area contributed by atoms with Gasteiger partial charge in [0.2, 0.25) is 5.91 Å². The van der Waals surface area contributed by atoms with Gasteiger partial charge in [-0.05, 0) is 30.5 Å². The Morgan fingerprint density at radius 1 is 1.04 bits per heavy atom. The van der Waals surface area contributed by atoms with Gasteiger partial charge in [0, 0.05) is 65.1 Å². The molecule has 27 heavy (non-hydrogen) atoms. The van der Waals surface area contributed by atoms with E-state index in [4.69, 9.17) is 5.26 Å². The molecule has 2 saturated heterocycles. The highest BCUT2D eigenvalue weighted by atomic mass is 16.2. The normalized spacial score (nSPS) is 18.4. The van der Waals surface area contributed by atoms with Crippen LogP contribution in [0.15, 0.2) is 24.3 Å². The van der Waals surface area contributed by atoms with Gasteiger partial charge in [-0.3, -0.25) is 14.6 Å². The summed E-state index contributed by atoms with van der Waals surface area (Å²) < 4.78 is 0. The summed E-state index contributed by atoms with van der Waals surface area (Å²) in [6.45, 7) is 8.14. The van der Waals surface area contributed by atoms with Gasteiger partial charge in [-0.1, -0.05) is 12.1 Å². The molecule has 1 amide bonds. The molecule has 146 valence electrons. The summed E-state index contributed by atoms with van der Waals surface area (Å²) in [7, 11) is 2.02. The molecule has 6 heteroatoms. The van der Waals surface area contributed by atoms with Crippen LogP contribution in [0, 0.1) is 11.3 Å². The van der Waals surface area contributed by atoms with E-state index in [0.29, 0.717) is 18.9 Å². The lowest BCUT2D eigenvalue weighted by atomic mass is 10.1. The monoisotopic (exact) mass is 369 g/mol. The number of amides is 1. The van der Waals surface area contributed by atoms with Crippen molar-refractivity contribution in [2.24, 2.45) is 0 Å². The molecule has 0 bridgehead atoms. The van der Waals surface area contributed by atoms with E-state index >= 15 is 0 Å². The predicted octanol–water partition coefficient (Wildman–Crippen LogP) is 1.78. The highest BCUT2D eigenvalue weighted by Gasteiger charge is 2.23. The Balaban J connectivity index is 1.41. The Bertz CT molecular complexity index is 640. The number of rotatable bonds is 7. The van der Waals surface area contributed by atoms with Crippen molar-refractivity contribution in [2.75, 3.05) is 64.3 Å². The summed E-state index contributed by atoms with van der Waals surface area (Å²) in [5.41, 5.74) is 2.47. The molecule has 2 heterocycles. The predicted molar refractivity (Wildman–Crippen MR) is 107 cm³/mol. The lowest BCUT2D eigenvalue weighted by Crippen LogP contribution is -2.49. The highest BCUT2D eigenvalue weighted by molar-refractivity contribution is 5.78. The molecule has 2 aliphatic heterocycles. The van der Waals surface area contributed by atoms with Gasteiger partial charge in [-0.2, -0.15) is 5.26 Å². The van der Waals surface area contributed by atoms with Crippen molar-refractivity contribution >= 4 is 11.6 Å². The number of nitriles is 1. The number of carbonyl (C=O) groups excluding carboxylic acids is 1. The van der Waals surface area contributed by atoms with E-state index in [1.54, 1.807) is 0 Å². The van der Waals surface area contributed by atoms with Crippen LogP contribution in [0.4, 0.5) is 5.69 Å². The van der Waals surface area contributed by atoms with E-state index < -0.39 is 0 Å². The molecule has 0 atom stereocenters. The van der Waals surface area contributed by atoms with E-state index in [1.807, 2.05) is 11.9 Å². The standard InChI is InChI=1S/C21H31N5O/c1-23(10-4-9-22)20-7-5-19(6-8-20)17-24-13-15-25(16-14-24)18-21(27)26-11-2-3-12-26/h5-8H,2-4,10-18H2,1H3. The molecule has 0 radical (unpaired) electrons. The van der Waals surface area contributed by atoms with Crippen LogP contribution >= 0.6 is 0 Å². The molecule has 1 aromatic carbocycles. The topological polar surface area (TPSA) is 53.8 Å². The third-order valence-electron chi connectivity index (χ3n) is 5.62. The van der Waals surface area contributed by atoms with Gasteiger partial charge in [0.15, 0.2) is 0 Å². The van der Waals surface area contributed by atoms with E-state index in [9.17, 15) is 4.79 Å². The molecule has 2 aliphatic rings. The minimum atomic E-state index is 0.303. The van der Waals surface area contributed by atoms with Crippen molar-refractivity contribution in [3.05, 3.63) is 29.8 Å².